The molecular formula is C26H21ClN4O4. The number of amides is 1. The van der Waals surface area contributed by atoms with Crippen LogP contribution in [0.1, 0.15) is 5.89 Å². The van der Waals surface area contributed by atoms with Crippen LogP contribution in [-0.2, 0) is 11.3 Å². The summed E-state index contributed by atoms with van der Waals surface area (Å²) in [6, 6.07) is 17.7. The van der Waals surface area contributed by atoms with Crippen molar-refractivity contribution in [3.05, 3.63) is 81.9 Å². The van der Waals surface area contributed by atoms with Gasteiger partial charge in [0.15, 0.2) is 11.5 Å². The van der Waals surface area contributed by atoms with E-state index < -0.39 is 5.56 Å². The maximum absolute atomic E-state index is 13.3. The molecule has 8 nitrogen and oxygen atoms in total. The van der Waals surface area contributed by atoms with Gasteiger partial charge < -0.3 is 14.1 Å². The Morgan fingerprint density at radius 2 is 1.94 bits per heavy atom. The quantitative estimate of drug-likeness (QED) is 0.351. The number of carbonyl (C=O) groups excluding carboxylic acids is 1. The van der Waals surface area contributed by atoms with E-state index in [0.717, 1.165) is 5.56 Å². The van der Waals surface area contributed by atoms with Gasteiger partial charge in [0.2, 0.25) is 5.91 Å². The number of benzene rings is 3. The molecule has 0 spiro atoms. The van der Waals surface area contributed by atoms with E-state index in [9.17, 15) is 9.59 Å². The van der Waals surface area contributed by atoms with Gasteiger partial charge in [-0.25, -0.2) is 9.67 Å². The molecule has 0 saturated heterocycles. The summed E-state index contributed by atoms with van der Waals surface area (Å²) >= 11 is 6.21. The van der Waals surface area contributed by atoms with Gasteiger partial charge in [-0.15, -0.1) is 0 Å². The molecule has 2 aromatic heterocycles. The minimum absolute atomic E-state index is 0.260. The van der Waals surface area contributed by atoms with E-state index in [2.05, 4.69) is 10.1 Å². The number of nitrogens with zero attached hydrogens (tertiary/aromatic N) is 4. The molecule has 9 heteroatoms. The molecule has 2 heterocycles. The van der Waals surface area contributed by atoms with Crippen LogP contribution < -0.4 is 15.2 Å². The normalized spacial score (nSPS) is 11.2. The highest BCUT2D eigenvalue weighted by atomic mass is 35.5. The lowest BCUT2D eigenvalue weighted by Gasteiger charge is -2.18. The summed E-state index contributed by atoms with van der Waals surface area (Å²) in [5.74, 6) is 0.750. The van der Waals surface area contributed by atoms with Gasteiger partial charge in [0.25, 0.3) is 5.56 Å². The van der Waals surface area contributed by atoms with Crippen LogP contribution in [0.4, 0.5) is 5.69 Å². The average Bonchev–Trinajstić information content (AvgIpc) is 3.24. The standard InChI is InChI=1S/C26H21ClN4O4/c1-15-28-22-10-7-18(12-23(22)35-15)30(2)24(32)14-31-26(33)21-13-19(34-3)8-9-20(21)25(29-31)16-5-4-6-17(27)11-16/h4-13H,14H2,1-3H3. The van der Waals surface area contributed by atoms with E-state index in [0.29, 0.717) is 49.9 Å². The van der Waals surface area contributed by atoms with Crippen LogP contribution in [0, 0.1) is 6.92 Å². The SMILES string of the molecule is COc1ccc2c(-c3cccc(Cl)c3)nn(CC(=O)N(C)c3ccc4nc(C)oc4c3)c(=O)c2c1. The number of fused-ring (bicyclic) bond motifs is 2. The monoisotopic (exact) mass is 488 g/mol. The number of aromatic nitrogens is 3. The summed E-state index contributed by atoms with van der Waals surface area (Å²) in [5, 5.41) is 6.14. The van der Waals surface area contributed by atoms with Crippen molar-refractivity contribution in [2.75, 3.05) is 19.1 Å². The molecule has 176 valence electrons. The molecule has 3 aromatic carbocycles. The van der Waals surface area contributed by atoms with Crippen molar-refractivity contribution in [1.29, 1.82) is 0 Å². The van der Waals surface area contributed by atoms with Crippen molar-refractivity contribution < 1.29 is 13.9 Å². The highest BCUT2D eigenvalue weighted by molar-refractivity contribution is 6.30. The van der Waals surface area contributed by atoms with Crippen molar-refractivity contribution in [3.8, 4) is 17.0 Å². The highest BCUT2D eigenvalue weighted by Crippen LogP contribution is 2.29. The number of carbonyl (C=O) groups is 1. The zero-order valence-electron chi connectivity index (χ0n) is 19.3. The maximum atomic E-state index is 13.3. The summed E-state index contributed by atoms with van der Waals surface area (Å²) in [5.41, 5.74) is 2.78. The Bertz CT molecular complexity index is 1660. The number of methoxy groups -OCH3 is 1. The van der Waals surface area contributed by atoms with E-state index in [-0.39, 0.29) is 12.5 Å². The smallest absolute Gasteiger partial charge is 0.275 e. The predicted octanol–water partition coefficient (Wildman–Crippen LogP) is 4.84. The number of aryl methyl sites for hydroxylation is 1. The number of oxazole rings is 1. The Balaban J connectivity index is 1.57. The third kappa shape index (κ3) is 4.24. The van der Waals surface area contributed by atoms with Gasteiger partial charge in [-0.2, -0.15) is 5.10 Å². The van der Waals surface area contributed by atoms with E-state index in [1.165, 1.54) is 16.7 Å². The van der Waals surface area contributed by atoms with Crippen LogP contribution >= 0.6 is 11.6 Å². The fourth-order valence-electron chi connectivity index (χ4n) is 3.96. The molecule has 0 N–H and O–H groups in total. The van der Waals surface area contributed by atoms with Gasteiger partial charge in [0, 0.05) is 41.7 Å². The largest absolute Gasteiger partial charge is 0.497 e. The van der Waals surface area contributed by atoms with E-state index in [1.807, 2.05) is 12.1 Å². The summed E-state index contributed by atoms with van der Waals surface area (Å²) in [4.78, 5) is 32.3. The van der Waals surface area contributed by atoms with Gasteiger partial charge in [-0.05, 0) is 42.5 Å². The number of rotatable bonds is 5. The van der Waals surface area contributed by atoms with Gasteiger partial charge in [0.1, 0.15) is 17.8 Å². The second kappa shape index (κ2) is 8.88. The Morgan fingerprint density at radius 1 is 1.11 bits per heavy atom. The molecule has 1 amide bonds. The molecule has 5 aromatic rings. The summed E-state index contributed by atoms with van der Waals surface area (Å²) in [7, 11) is 3.17. The first-order valence-corrected chi connectivity index (χ1v) is 11.2. The van der Waals surface area contributed by atoms with Crippen molar-refractivity contribution in [1.82, 2.24) is 14.8 Å². The molecule has 0 unspecified atom stereocenters. The fourth-order valence-corrected chi connectivity index (χ4v) is 4.15. The molecule has 0 atom stereocenters. The van der Waals surface area contributed by atoms with Crippen LogP contribution in [0.2, 0.25) is 5.02 Å². The van der Waals surface area contributed by atoms with E-state index >= 15 is 0 Å². The number of anilines is 1. The van der Waals surface area contributed by atoms with Crippen LogP contribution in [0.25, 0.3) is 33.1 Å². The fraction of sp³-hybridized carbons (Fsp3) is 0.154. The van der Waals surface area contributed by atoms with Gasteiger partial charge in [-0.1, -0.05) is 23.7 Å². The van der Waals surface area contributed by atoms with Gasteiger partial charge in [-0.3, -0.25) is 9.59 Å². The van der Waals surface area contributed by atoms with Gasteiger partial charge in [0.05, 0.1) is 18.2 Å². The molecule has 0 saturated carbocycles. The van der Waals surface area contributed by atoms with E-state index in [4.69, 9.17) is 20.8 Å². The Labute approximate surface area is 205 Å². The number of halogens is 1. The molecule has 0 aliphatic rings. The predicted molar refractivity (Wildman–Crippen MR) is 135 cm³/mol. The van der Waals surface area contributed by atoms with Crippen molar-refractivity contribution in [3.63, 3.8) is 0 Å². The molecule has 0 bridgehead atoms. The van der Waals surface area contributed by atoms with Crippen LogP contribution in [-0.4, -0.2) is 34.8 Å². The lowest BCUT2D eigenvalue weighted by Crippen LogP contribution is -2.35. The zero-order chi connectivity index (χ0) is 24.7. The molecule has 35 heavy (non-hydrogen) atoms. The number of hydrogen-bond acceptors (Lipinski definition) is 6. The molecule has 0 aliphatic carbocycles. The van der Waals surface area contributed by atoms with Crippen LogP contribution in [0.15, 0.2) is 69.9 Å². The Morgan fingerprint density at radius 3 is 2.71 bits per heavy atom. The minimum atomic E-state index is -0.396. The number of likely N-dealkylation sites (N-methyl/N-ethyl adjacent to an activating group) is 1. The molecule has 0 fully saturated rings. The molecular weight excluding hydrogens is 468 g/mol. The Kier molecular flexibility index (Phi) is 5.74. The lowest BCUT2D eigenvalue weighted by molar-refractivity contribution is -0.119. The first-order valence-electron chi connectivity index (χ1n) is 10.8. The first-order chi connectivity index (χ1) is 16.8. The second-order valence-electron chi connectivity index (χ2n) is 8.07. The third-order valence-corrected chi connectivity index (χ3v) is 6.03. The average molecular weight is 489 g/mol. The number of ether oxygens (including phenoxy) is 1. The summed E-state index contributed by atoms with van der Waals surface area (Å²) in [6.07, 6.45) is 0. The Hall–Kier alpha value is -4.17. The lowest BCUT2D eigenvalue weighted by atomic mass is 10.0. The zero-order valence-corrected chi connectivity index (χ0v) is 20.0. The van der Waals surface area contributed by atoms with Crippen molar-refractivity contribution >= 4 is 45.1 Å². The van der Waals surface area contributed by atoms with Gasteiger partial charge >= 0.3 is 0 Å². The molecule has 0 aliphatic heterocycles. The number of hydrogen-bond donors (Lipinski definition) is 0. The minimum Gasteiger partial charge on any atom is -0.497 e. The molecule has 5 rings (SSSR count). The third-order valence-electron chi connectivity index (χ3n) is 5.79. The first kappa shape index (κ1) is 22.6. The van der Waals surface area contributed by atoms with E-state index in [1.54, 1.807) is 62.5 Å². The maximum Gasteiger partial charge on any atom is 0.275 e. The van der Waals surface area contributed by atoms with Crippen molar-refractivity contribution in [2.45, 2.75) is 13.5 Å². The van der Waals surface area contributed by atoms with Crippen molar-refractivity contribution in [2.24, 2.45) is 0 Å². The topological polar surface area (TPSA) is 90.5 Å². The van der Waals surface area contributed by atoms with Crippen LogP contribution in [0.3, 0.4) is 0 Å². The summed E-state index contributed by atoms with van der Waals surface area (Å²) < 4.78 is 12.1. The second-order valence-corrected chi connectivity index (χ2v) is 8.51. The van der Waals surface area contributed by atoms with Crippen LogP contribution in [0.5, 0.6) is 5.75 Å². The summed E-state index contributed by atoms with van der Waals surface area (Å²) in [6.45, 7) is 1.50. The highest BCUT2D eigenvalue weighted by Gasteiger charge is 2.19. The molecule has 0 radical (unpaired) electrons.